The van der Waals surface area contributed by atoms with E-state index >= 15 is 0 Å². The van der Waals surface area contributed by atoms with Crippen LogP contribution in [0.3, 0.4) is 0 Å². The Balaban J connectivity index is 1.04. The standard InChI is InChI=1S/C30H28N2O5/c1-15-3-10-24(16(2)11-15)31-14-17(12-25(31)33)30(36)37-19-6-4-18(5-7-19)32-28(34)26-20-8-9-21(23-13-22(20)23)27(26)29(32)35/h3-11,17,20-23,26-27H,12-14H2,1-2H3/t17-,20+,21+,22+,23+,26-,27-/m1/s1. The number of hydrogen-bond acceptors (Lipinski definition) is 5. The molecule has 0 aromatic heterocycles. The summed E-state index contributed by atoms with van der Waals surface area (Å²) in [7, 11) is 0. The zero-order chi connectivity index (χ0) is 25.6. The molecule has 3 amide bonds. The maximum atomic E-state index is 13.3. The number of amides is 3. The van der Waals surface area contributed by atoms with E-state index < -0.39 is 11.9 Å². The second-order valence-corrected chi connectivity index (χ2v) is 11.3. The summed E-state index contributed by atoms with van der Waals surface area (Å²) in [5, 5.41) is 0. The Labute approximate surface area is 215 Å². The molecule has 8 rings (SSSR count). The van der Waals surface area contributed by atoms with Crippen molar-refractivity contribution in [1.82, 2.24) is 0 Å². The highest BCUT2D eigenvalue weighted by molar-refractivity contribution is 6.22. The van der Waals surface area contributed by atoms with Crippen LogP contribution in [0.15, 0.2) is 54.6 Å². The molecule has 2 aliphatic heterocycles. The molecule has 4 fully saturated rings. The number of imide groups is 1. The third-order valence-electron chi connectivity index (χ3n) is 9.08. The Hall–Kier alpha value is -3.74. The van der Waals surface area contributed by atoms with E-state index in [4.69, 9.17) is 4.74 Å². The number of carbonyl (C=O) groups excluding carboxylic acids is 4. The number of allylic oxidation sites excluding steroid dienone is 2. The Bertz CT molecular complexity index is 1360. The molecular formula is C30H28N2O5. The van der Waals surface area contributed by atoms with Crippen LogP contribution in [0, 0.1) is 55.3 Å². The van der Waals surface area contributed by atoms with Gasteiger partial charge in [-0.05, 0) is 79.8 Å². The van der Waals surface area contributed by atoms with E-state index in [1.165, 1.54) is 4.90 Å². The van der Waals surface area contributed by atoms with Gasteiger partial charge in [0.2, 0.25) is 17.7 Å². The first-order valence-electron chi connectivity index (χ1n) is 13.1. The monoisotopic (exact) mass is 496 g/mol. The highest BCUT2D eigenvalue weighted by Gasteiger charge is 2.67. The van der Waals surface area contributed by atoms with E-state index in [9.17, 15) is 19.2 Å². The van der Waals surface area contributed by atoms with Crippen molar-refractivity contribution < 1.29 is 23.9 Å². The predicted octanol–water partition coefficient (Wildman–Crippen LogP) is 3.82. The van der Waals surface area contributed by atoms with Crippen molar-refractivity contribution in [3.05, 3.63) is 65.7 Å². The molecule has 2 aromatic rings. The topological polar surface area (TPSA) is 84.0 Å². The summed E-state index contributed by atoms with van der Waals surface area (Å²) in [6.07, 6.45) is 5.55. The summed E-state index contributed by atoms with van der Waals surface area (Å²) in [5.74, 6) is -0.0390. The van der Waals surface area contributed by atoms with Crippen LogP contribution in [-0.2, 0) is 19.2 Å². The molecule has 188 valence electrons. The van der Waals surface area contributed by atoms with E-state index in [1.54, 1.807) is 29.2 Å². The Morgan fingerprint density at radius 3 is 2.16 bits per heavy atom. The molecule has 2 bridgehead atoms. The van der Waals surface area contributed by atoms with Crippen molar-refractivity contribution in [1.29, 1.82) is 0 Å². The van der Waals surface area contributed by atoms with Crippen LogP contribution < -0.4 is 14.5 Å². The van der Waals surface area contributed by atoms with Crippen molar-refractivity contribution in [2.24, 2.45) is 41.4 Å². The van der Waals surface area contributed by atoms with E-state index in [0.717, 1.165) is 23.2 Å². The van der Waals surface area contributed by atoms with E-state index in [2.05, 4.69) is 12.2 Å². The third-order valence-corrected chi connectivity index (χ3v) is 9.08. The maximum absolute atomic E-state index is 13.3. The minimum absolute atomic E-state index is 0.0992. The van der Waals surface area contributed by atoms with E-state index in [1.807, 2.05) is 32.0 Å². The van der Waals surface area contributed by atoms with Crippen LogP contribution in [0.25, 0.3) is 0 Å². The van der Waals surface area contributed by atoms with Gasteiger partial charge in [-0.25, -0.2) is 0 Å². The number of hydrogen-bond donors (Lipinski definition) is 0. The quantitative estimate of drug-likeness (QED) is 0.278. The zero-order valence-electron chi connectivity index (χ0n) is 20.8. The molecule has 2 saturated carbocycles. The van der Waals surface area contributed by atoms with Gasteiger partial charge in [0.15, 0.2) is 0 Å². The summed E-state index contributed by atoms with van der Waals surface area (Å²) < 4.78 is 5.59. The fraction of sp³-hybridized carbons (Fsp3) is 0.400. The molecule has 2 heterocycles. The number of rotatable bonds is 4. The normalized spacial score (nSPS) is 33.1. The summed E-state index contributed by atoms with van der Waals surface area (Å²) in [6, 6.07) is 12.4. The van der Waals surface area contributed by atoms with Crippen molar-refractivity contribution in [3.63, 3.8) is 0 Å². The van der Waals surface area contributed by atoms with Gasteiger partial charge in [0.1, 0.15) is 5.75 Å². The van der Waals surface area contributed by atoms with Crippen LogP contribution in [0.4, 0.5) is 11.4 Å². The SMILES string of the molecule is Cc1ccc(N2C[C@H](C(=O)Oc3ccc(N4C(=O)[C@@H]5[C@H]6C=C[C@@H]([C@@H]7C[C@@H]67)[C@H]5C4=O)cc3)CC2=O)c(C)c1. The van der Waals surface area contributed by atoms with Gasteiger partial charge in [-0.3, -0.25) is 24.1 Å². The number of anilines is 2. The summed E-state index contributed by atoms with van der Waals surface area (Å²) in [6.45, 7) is 4.23. The Morgan fingerprint density at radius 2 is 1.54 bits per heavy atom. The Morgan fingerprint density at radius 1 is 0.892 bits per heavy atom. The third kappa shape index (κ3) is 3.32. The van der Waals surface area contributed by atoms with E-state index in [-0.39, 0.29) is 54.4 Å². The number of aryl methyl sites for hydroxylation is 2. The Kier molecular flexibility index (Phi) is 4.78. The van der Waals surface area contributed by atoms with Crippen molar-refractivity contribution in [2.45, 2.75) is 26.7 Å². The minimum atomic E-state index is -0.563. The molecule has 4 aliphatic carbocycles. The highest BCUT2D eigenvalue weighted by Crippen LogP contribution is 2.65. The summed E-state index contributed by atoms with van der Waals surface area (Å²) in [4.78, 5) is 55.1. The van der Waals surface area contributed by atoms with E-state index in [0.29, 0.717) is 23.3 Å². The van der Waals surface area contributed by atoms with Crippen LogP contribution in [0.2, 0.25) is 0 Å². The first-order valence-corrected chi connectivity index (χ1v) is 13.1. The van der Waals surface area contributed by atoms with Gasteiger partial charge in [0.25, 0.3) is 0 Å². The number of ether oxygens (including phenoxy) is 1. The largest absolute Gasteiger partial charge is 0.426 e. The number of benzene rings is 2. The molecule has 7 nitrogen and oxygen atoms in total. The molecule has 0 radical (unpaired) electrons. The lowest BCUT2D eigenvalue weighted by molar-refractivity contribution is -0.139. The molecule has 37 heavy (non-hydrogen) atoms. The number of nitrogens with zero attached hydrogens (tertiary/aromatic N) is 2. The first kappa shape index (κ1) is 22.5. The first-order chi connectivity index (χ1) is 17.8. The van der Waals surface area contributed by atoms with Crippen LogP contribution in [0.5, 0.6) is 5.75 Å². The van der Waals surface area contributed by atoms with Crippen molar-refractivity contribution in [2.75, 3.05) is 16.3 Å². The average Bonchev–Trinajstić information content (AvgIpc) is 3.56. The molecule has 7 heteroatoms. The molecule has 7 atom stereocenters. The second kappa shape index (κ2) is 7.88. The second-order valence-electron chi connectivity index (χ2n) is 11.3. The van der Waals surface area contributed by atoms with Gasteiger partial charge in [0.05, 0.1) is 23.4 Å². The molecule has 0 spiro atoms. The molecular weight excluding hydrogens is 468 g/mol. The minimum Gasteiger partial charge on any atom is -0.426 e. The lowest BCUT2D eigenvalue weighted by Crippen LogP contribution is -2.40. The van der Waals surface area contributed by atoms with Gasteiger partial charge in [0, 0.05) is 18.7 Å². The average molecular weight is 497 g/mol. The smallest absolute Gasteiger partial charge is 0.316 e. The summed E-state index contributed by atoms with van der Waals surface area (Å²) >= 11 is 0. The number of esters is 1. The van der Waals surface area contributed by atoms with Crippen molar-refractivity contribution in [3.8, 4) is 5.75 Å². The van der Waals surface area contributed by atoms with Crippen LogP contribution >= 0.6 is 0 Å². The molecule has 6 aliphatic rings. The molecule has 2 aromatic carbocycles. The van der Waals surface area contributed by atoms with Gasteiger partial charge < -0.3 is 9.64 Å². The van der Waals surface area contributed by atoms with Crippen molar-refractivity contribution >= 4 is 35.1 Å². The lowest BCUT2D eigenvalue weighted by Gasteiger charge is -2.37. The summed E-state index contributed by atoms with van der Waals surface area (Å²) in [5.41, 5.74) is 3.43. The highest BCUT2D eigenvalue weighted by atomic mass is 16.5. The van der Waals surface area contributed by atoms with Gasteiger partial charge in [-0.2, -0.15) is 0 Å². The predicted molar refractivity (Wildman–Crippen MR) is 136 cm³/mol. The molecule has 0 unspecified atom stereocenters. The molecule has 0 N–H and O–H groups in total. The van der Waals surface area contributed by atoms with Gasteiger partial charge in [-0.15, -0.1) is 0 Å². The fourth-order valence-corrected chi connectivity index (χ4v) is 7.28. The lowest BCUT2D eigenvalue weighted by atomic mass is 9.63. The number of carbonyl (C=O) groups is 4. The molecule has 2 saturated heterocycles. The van der Waals surface area contributed by atoms with Crippen LogP contribution in [-0.4, -0.2) is 30.2 Å². The fourth-order valence-electron chi connectivity index (χ4n) is 7.28. The van der Waals surface area contributed by atoms with Gasteiger partial charge in [-0.1, -0.05) is 29.8 Å². The maximum Gasteiger partial charge on any atom is 0.316 e. The zero-order valence-corrected chi connectivity index (χ0v) is 20.8. The van der Waals surface area contributed by atoms with Gasteiger partial charge >= 0.3 is 5.97 Å². The van der Waals surface area contributed by atoms with Crippen LogP contribution in [0.1, 0.15) is 24.0 Å².